The molecule has 0 atom stereocenters. The summed E-state index contributed by atoms with van der Waals surface area (Å²) in [6.07, 6.45) is 0. The van der Waals surface area contributed by atoms with E-state index in [1.807, 2.05) is 97.1 Å². The highest BCUT2D eigenvalue weighted by Crippen LogP contribution is 2.42. The lowest BCUT2D eigenvalue weighted by atomic mass is 10.00. The van der Waals surface area contributed by atoms with Crippen molar-refractivity contribution in [3.05, 3.63) is 142 Å². The second-order valence-electron chi connectivity index (χ2n) is 10.9. The zero-order valence-electron chi connectivity index (χ0n) is 24.0. The van der Waals surface area contributed by atoms with Gasteiger partial charge >= 0.3 is 0 Å². The van der Waals surface area contributed by atoms with E-state index in [9.17, 15) is 0 Å². The summed E-state index contributed by atoms with van der Waals surface area (Å²) < 4.78 is 4.02. The Labute approximate surface area is 278 Å². The summed E-state index contributed by atoms with van der Waals surface area (Å²) in [5, 5.41) is 1.78. The predicted molar refractivity (Wildman–Crippen MR) is 198 cm³/mol. The molecule has 9 rings (SSSR count). The minimum atomic E-state index is -0.143. The number of rotatable bonds is 4. The van der Waals surface area contributed by atoms with Crippen LogP contribution >= 0.6 is 46.2 Å². The van der Waals surface area contributed by atoms with Gasteiger partial charge in [0.2, 0.25) is 0 Å². The number of hydrogen-bond donors (Lipinski definition) is 2. The van der Waals surface area contributed by atoms with Crippen LogP contribution in [0.1, 0.15) is 0 Å². The molecule has 2 heterocycles. The van der Waals surface area contributed by atoms with E-state index in [0.29, 0.717) is 32.6 Å². The van der Waals surface area contributed by atoms with Crippen molar-refractivity contribution in [2.24, 2.45) is 0 Å². The van der Waals surface area contributed by atoms with E-state index in [0.717, 1.165) is 49.4 Å². The highest BCUT2D eigenvalue weighted by Gasteiger charge is 2.24. The van der Waals surface area contributed by atoms with Gasteiger partial charge in [-0.15, -0.1) is 22.7 Å². The van der Waals surface area contributed by atoms with Crippen molar-refractivity contribution < 1.29 is 0 Å². The smallest absolute Gasteiger partial charge is 0.197 e. The molecule has 46 heavy (non-hydrogen) atoms. The fourth-order valence-corrected chi connectivity index (χ4v) is 10.3. The molecule has 4 nitrogen and oxygen atoms in total. The SMILES string of the molecule is O=c1c2c(Sc3ccccc3)cc3sc4ccccc4[nH]c3c2c(=O)c2c(Sc3ccccc3)cc3sc4ccccc4[nH]c3c12. The van der Waals surface area contributed by atoms with E-state index in [1.54, 1.807) is 22.7 Å². The molecule has 0 fully saturated rings. The standard InChI is InChI=1S/C38H22N2O2S4/c41-37-31-27(43-21-11-3-1-4-12-21)19-29-35(39-23-15-7-9-17-25(23)45-29)33(31)38(42)32-28(44-22-13-5-2-6-14-22)20-30-36(34(32)37)40-24-16-8-10-18-26(24)46-30/h1-20,39-40H. The maximum atomic E-state index is 15.1. The van der Waals surface area contributed by atoms with Crippen LogP contribution in [0.25, 0.3) is 62.4 Å². The number of para-hydroxylation sites is 2. The minimum Gasteiger partial charge on any atom is -0.353 e. The van der Waals surface area contributed by atoms with Crippen molar-refractivity contribution in [1.82, 2.24) is 9.97 Å². The van der Waals surface area contributed by atoms with Gasteiger partial charge in [0.05, 0.1) is 51.6 Å². The molecule has 0 aliphatic carbocycles. The molecule has 0 aliphatic heterocycles. The molecular weight excluding hydrogens is 645 g/mol. The van der Waals surface area contributed by atoms with Gasteiger partial charge in [-0.1, -0.05) is 84.2 Å². The Hall–Kier alpha value is -4.60. The largest absolute Gasteiger partial charge is 0.353 e. The van der Waals surface area contributed by atoms with Gasteiger partial charge in [0.25, 0.3) is 0 Å². The fraction of sp³-hybridized carbons (Fsp3) is 0. The highest BCUT2D eigenvalue weighted by atomic mass is 32.2. The van der Waals surface area contributed by atoms with E-state index < -0.39 is 0 Å². The number of aromatic nitrogens is 2. The summed E-state index contributed by atoms with van der Waals surface area (Å²) in [5.41, 5.74) is 2.96. The highest BCUT2D eigenvalue weighted by molar-refractivity contribution is 8.00. The van der Waals surface area contributed by atoms with Crippen LogP contribution in [0.3, 0.4) is 0 Å². The average molecular weight is 667 g/mol. The molecule has 0 saturated heterocycles. The molecule has 9 aromatic rings. The van der Waals surface area contributed by atoms with Crippen LogP contribution in [-0.4, -0.2) is 9.97 Å². The minimum absolute atomic E-state index is 0.143. The molecular formula is C38H22N2O2S4. The lowest BCUT2D eigenvalue weighted by Crippen LogP contribution is -2.16. The van der Waals surface area contributed by atoms with Gasteiger partial charge in [-0.3, -0.25) is 9.59 Å². The first kappa shape index (κ1) is 27.7. The number of fused-ring (bicyclic) bond motifs is 8. The number of aromatic amines is 2. The van der Waals surface area contributed by atoms with Crippen LogP contribution in [0, 0.1) is 0 Å². The Morgan fingerprint density at radius 1 is 0.435 bits per heavy atom. The Morgan fingerprint density at radius 3 is 1.26 bits per heavy atom. The maximum absolute atomic E-state index is 15.1. The van der Waals surface area contributed by atoms with Gasteiger partial charge in [-0.05, 0) is 60.7 Å². The Kier molecular flexibility index (Phi) is 6.64. The first-order chi connectivity index (χ1) is 22.6. The summed E-state index contributed by atoms with van der Waals surface area (Å²) in [5.74, 6) is 0. The number of hydrogen-bond acceptors (Lipinski definition) is 6. The van der Waals surface area contributed by atoms with Crippen LogP contribution in [0.5, 0.6) is 0 Å². The van der Waals surface area contributed by atoms with Gasteiger partial charge in [-0.2, -0.15) is 0 Å². The lowest BCUT2D eigenvalue weighted by Gasteiger charge is -2.15. The molecule has 220 valence electrons. The van der Waals surface area contributed by atoms with E-state index in [4.69, 9.17) is 0 Å². The zero-order valence-corrected chi connectivity index (χ0v) is 27.3. The first-order valence-electron chi connectivity index (χ1n) is 14.7. The number of nitrogens with one attached hydrogen (secondary N) is 2. The Balaban J connectivity index is 1.50. The van der Waals surface area contributed by atoms with E-state index in [2.05, 4.69) is 34.2 Å². The lowest BCUT2D eigenvalue weighted by molar-refractivity contribution is 1.42. The summed E-state index contributed by atoms with van der Waals surface area (Å²) in [7, 11) is 0. The third kappa shape index (κ3) is 4.52. The summed E-state index contributed by atoms with van der Waals surface area (Å²) in [6.45, 7) is 0. The van der Waals surface area contributed by atoms with E-state index in [-0.39, 0.29) is 10.9 Å². The third-order valence-electron chi connectivity index (χ3n) is 8.09. The molecule has 0 amide bonds. The molecule has 0 aliphatic rings. The Bertz CT molecular complexity index is 2600. The average Bonchev–Trinajstić information content (AvgIpc) is 3.09. The second-order valence-corrected chi connectivity index (χ2v) is 15.3. The monoisotopic (exact) mass is 666 g/mol. The van der Waals surface area contributed by atoms with Crippen LogP contribution < -0.4 is 10.9 Å². The van der Waals surface area contributed by atoms with Crippen molar-refractivity contribution in [3.63, 3.8) is 0 Å². The Morgan fingerprint density at radius 2 is 0.826 bits per heavy atom. The first-order valence-corrected chi connectivity index (χ1v) is 17.9. The van der Waals surface area contributed by atoms with Crippen molar-refractivity contribution >= 4 is 109 Å². The quantitative estimate of drug-likeness (QED) is 0.145. The topological polar surface area (TPSA) is 65.7 Å². The summed E-state index contributed by atoms with van der Waals surface area (Å²) in [6, 6.07) is 40.4. The number of benzene rings is 7. The van der Waals surface area contributed by atoms with Crippen LogP contribution in [0.4, 0.5) is 0 Å². The van der Waals surface area contributed by atoms with Crippen LogP contribution in [-0.2, 0) is 0 Å². The fourth-order valence-electron chi connectivity index (χ4n) is 6.05. The van der Waals surface area contributed by atoms with Gasteiger partial charge in [-0.25, -0.2) is 0 Å². The summed E-state index contributed by atoms with van der Waals surface area (Å²) >= 11 is 6.30. The van der Waals surface area contributed by atoms with Crippen molar-refractivity contribution in [3.8, 4) is 0 Å². The van der Waals surface area contributed by atoms with Crippen LogP contribution in [0.15, 0.2) is 150 Å². The van der Waals surface area contributed by atoms with Crippen molar-refractivity contribution in [1.29, 1.82) is 0 Å². The van der Waals surface area contributed by atoms with Crippen LogP contribution in [0.2, 0.25) is 0 Å². The van der Waals surface area contributed by atoms with E-state index >= 15 is 9.59 Å². The molecule has 2 N–H and O–H groups in total. The predicted octanol–water partition coefficient (Wildman–Crippen LogP) is 11.0. The molecule has 0 unspecified atom stereocenters. The molecule has 7 aromatic carbocycles. The number of H-pyrrole nitrogens is 2. The maximum Gasteiger partial charge on any atom is 0.197 e. The van der Waals surface area contributed by atoms with Gasteiger partial charge in [0, 0.05) is 30.4 Å². The second kappa shape index (κ2) is 11.0. The van der Waals surface area contributed by atoms with E-state index in [1.165, 1.54) is 23.5 Å². The molecule has 0 bridgehead atoms. The molecule has 0 saturated carbocycles. The van der Waals surface area contributed by atoms with Crippen molar-refractivity contribution in [2.75, 3.05) is 0 Å². The molecule has 0 spiro atoms. The molecule has 2 aromatic heterocycles. The molecule has 0 radical (unpaired) electrons. The normalized spacial score (nSPS) is 11.8. The molecule has 8 heteroatoms. The van der Waals surface area contributed by atoms with Gasteiger partial charge in [0.15, 0.2) is 10.9 Å². The third-order valence-corrected chi connectivity index (χ3v) is 12.4. The summed E-state index contributed by atoms with van der Waals surface area (Å²) in [4.78, 5) is 40.9. The van der Waals surface area contributed by atoms with Gasteiger partial charge < -0.3 is 9.97 Å². The van der Waals surface area contributed by atoms with Gasteiger partial charge in [0.1, 0.15) is 0 Å². The van der Waals surface area contributed by atoms with Crippen molar-refractivity contribution in [2.45, 2.75) is 19.6 Å². The zero-order chi connectivity index (χ0) is 30.8.